The Labute approximate surface area is 96.0 Å². The zero-order valence-electron chi connectivity index (χ0n) is 6.64. The summed E-state index contributed by atoms with van der Waals surface area (Å²) in [6.45, 7) is -0.569. The van der Waals surface area contributed by atoms with Gasteiger partial charge in [0.05, 0.1) is 6.04 Å². The molecule has 1 atom stereocenters. The summed E-state index contributed by atoms with van der Waals surface area (Å²) in [5, 5.41) is 0.608. The molecule has 0 aliphatic rings. The SMILES string of the molecule is Cl.N[C@H](CF)c1ccc(Cl)cc1Br. The molecule has 0 bridgehead atoms. The van der Waals surface area contributed by atoms with Crippen molar-refractivity contribution >= 4 is 39.9 Å². The van der Waals surface area contributed by atoms with Crippen LogP contribution in [0.4, 0.5) is 4.39 Å². The van der Waals surface area contributed by atoms with Gasteiger partial charge in [0.15, 0.2) is 0 Å². The second kappa shape index (κ2) is 5.81. The highest BCUT2D eigenvalue weighted by atomic mass is 79.9. The van der Waals surface area contributed by atoms with Crippen molar-refractivity contribution in [2.24, 2.45) is 5.73 Å². The van der Waals surface area contributed by atoms with E-state index >= 15 is 0 Å². The van der Waals surface area contributed by atoms with Gasteiger partial charge in [-0.25, -0.2) is 4.39 Å². The monoisotopic (exact) mass is 287 g/mol. The van der Waals surface area contributed by atoms with Crippen LogP contribution in [0.2, 0.25) is 5.02 Å². The third-order valence-corrected chi connectivity index (χ3v) is 2.45. The fraction of sp³-hybridized carbons (Fsp3) is 0.250. The van der Waals surface area contributed by atoms with Crippen LogP contribution >= 0.6 is 39.9 Å². The highest BCUT2D eigenvalue weighted by Crippen LogP contribution is 2.25. The molecule has 13 heavy (non-hydrogen) atoms. The number of benzene rings is 1. The van der Waals surface area contributed by atoms with Crippen LogP contribution in [0.5, 0.6) is 0 Å². The summed E-state index contributed by atoms with van der Waals surface area (Å²) >= 11 is 8.96. The van der Waals surface area contributed by atoms with Crippen molar-refractivity contribution in [3.05, 3.63) is 33.3 Å². The quantitative estimate of drug-likeness (QED) is 0.886. The largest absolute Gasteiger partial charge is 0.322 e. The number of hydrogen-bond donors (Lipinski definition) is 1. The molecule has 0 aliphatic carbocycles. The first-order valence-electron chi connectivity index (χ1n) is 3.41. The summed E-state index contributed by atoms with van der Waals surface area (Å²) in [5.74, 6) is 0. The van der Waals surface area contributed by atoms with E-state index in [-0.39, 0.29) is 12.4 Å². The Morgan fingerprint density at radius 3 is 2.62 bits per heavy atom. The maximum absolute atomic E-state index is 12.2. The van der Waals surface area contributed by atoms with Gasteiger partial charge in [0, 0.05) is 9.50 Å². The van der Waals surface area contributed by atoms with E-state index in [1.165, 1.54) is 0 Å². The molecule has 1 rings (SSSR count). The standard InChI is InChI=1S/C8H8BrClFN.ClH/c9-7-3-5(10)1-2-6(7)8(12)4-11;/h1-3,8H,4,12H2;1H/t8-;/m1./s1. The lowest BCUT2D eigenvalue weighted by Crippen LogP contribution is -2.12. The van der Waals surface area contributed by atoms with Gasteiger partial charge >= 0.3 is 0 Å². The molecule has 1 aromatic rings. The molecule has 2 N–H and O–H groups in total. The van der Waals surface area contributed by atoms with E-state index in [4.69, 9.17) is 17.3 Å². The van der Waals surface area contributed by atoms with E-state index < -0.39 is 12.7 Å². The molecular formula is C8H9BrCl2FN. The topological polar surface area (TPSA) is 26.0 Å². The molecule has 0 saturated carbocycles. The molecule has 0 fully saturated rings. The van der Waals surface area contributed by atoms with Gasteiger partial charge in [-0.3, -0.25) is 0 Å². The third kappa shape index (κ3) is 3.43. The molecule has 0 aromatic heterocycles. The Morgan fingerprint density at radius 2 is 2.15 bits per heavy atom. The first kappa shape index (κ1) is 13.2. The second-order valence-electron chi connectivity index (χ2n) is 2.43. The lowest BCUT2D eigenvalue weighted by atomic mass is 10.1. The average Bonchev–Trinajstić information content (AvgIpc) is 2.03. The average molecular weight is 289 g/mol. The lowest BCUT2D eigenvalue weighted by Gasteiger charge is -2.09. The molecular weight excluding hydrogens is 280 g/mol. The van der Waals surface area contributed by atoms with E-state index in [1.54, 1.807) is 18.2 Å². The molecule has 0 spiro atoms. The van der Waals surface area contributed by atoms with Crippen LogP contribution in [0.25, 0.3) is 0 Å². The summed E-state index contributed by atoms with van der Waals surface area (Å²) in [7, 11) is 0. The highest BCUT2D eigenvalue weighted by molar-refractivity contribution is 9.10. The molecule has 1 aromatic carbocycles. The van der Waals surface area contributed by atoms with Crippen LogP contribution in [0.1, 0.15) is 11.6 Å². The van der Waals surface area contributed by atoms with E-state index in [0.717, 1.165) is 10.0 Å². The highest BCUT2D eigenvalue weighted by Gasteiger charge is 2.08. The van der Waals surface area contributed by atoms with Gasteiger partial charge in [0.25, 0.3) is 0 Å². The summed E-state index contributed by atoms with van der Waals surface area (Å²) < 4.78 is 12.9. The van der Waals surface area contributed by atoms with Crippen LogP contribution < -0.4 is 5.73 Å². The summed E-state index contributed by atoms with van der Waals surface area (Å²) in [5.41, 5.74) is 6.23. The molecule has 0 amide bonds. The lowest BCUT2D eigenvalue weighted by molar-refractivity contribution is 0.436. The second-order valence-corrected chi connectivity index (χ2v) is 3.72. The zero-order valence-corrected chi connectivity index (χ0v) is 9.79. The van der Waals surface area contributed by atoms with Gasteiger partial charge in [-0.15, -0.1) is 12.4 Å². The first-order valence-corrected chi connectivity index (χ1v) is 4.58. The fourth-order valence-electron chi connectivity index (χ4n) is 0.885. The fourth-order valence-corrected chi connectivity index (χ4v) is 1.86. The van der Waals surface area contributed by atoms with E-state index in [2.05, 4.69) is 15.9 Å². The van der Waals surface area contributed by atoms with Crippen LogP contribution in [-0.2, 0) is 0 Å². The maximum Gasteiger partial charge on any atom is 0.109 e. The third-order valence-electron chi connectivity index (χ3n) is 1.53. The predicted octanol–water partition coefficient (Wildman–Crippen LogP) is 3.49. The van der Waals surface area contributed by atoms with E-state index in [0.29, 0.717) is 5.02 Å². The maximum atomic E-state index is 12.2. The molecule has 0 aliphatic heterocycles. The van der Waals surface area contributed by atoms with E-state index in [1.807, 2.05) is 0 Å². The smallest absolute Gasteiger partial charge is 0.109 e. The molecule has 0 radical (unpaired) electrons. The van der Waals surface area contributed by atoms with Crippen molar-refractivity contribution in [2.45, 2.75) is 6.04 Å². The van der Waals surface area contributed by atoms with Crippen LogP contribution in [0.15, 0.2) is 22.7 Å². The number of hydrogen-bond acceptors (Lipinski definition) is 1. The number of halogens is 4. The first-order chi connectivity index (χ1) is 5.65. The van der Waals surface area contributed by atoms with Crippen LogP contribution in [-0.4, -0.2) is 6.67 Å². The minimum absolute atomic E-state index is 0. The van der Waals surface area contributed by atoms with Crippen molar-refractivity contribution in [3.8, 4) is 0 Å². The number of alkyl halides is 1. The molecule has 1 nitrogen and oxygen atoms in total. The Morgan fingerprint density at radius 1 is 1.54 bits per heavy atom. The van der Waals surface area contributed by atoms with Gasteiger partial charge < -0.3 is 5.73 Å². The van der Waals surface area contributed by atoms with Crippen LogP contribution in [0.3, 0.4) is 0 Å². The molecule has 0 saturated heterocycles. The summed E-state index contributed by atoms with van der Waals surface area (Å²) in [4.78, 5) is 0. The van der Waals surface area contributed by atoms with Crippen LogP contribution in [0, 0.1) is 0 Å². The van der Waals surface area contributed by atoms with Crippen molar-refractivity contribution < 1.29 is 4.39 Å². The normalized spacial score (nSPS) is 12.0. The Bertz CT molecular complexity index is 283. The zero-order chi connectivity index (χ0) is 9.14. The number of rotatable bonds is 2. The van der Waals surface area contributed by atoms with Gasteiger partial charge in [-0.1, -0.05) is 33.6 Å². The molecule has 0 heterocycles. The molecule has 0 unspecified atom stereocenters. The van der Waals surface area contributed by atoms with Crippen molar-refractivity contribution in [1.82, 2.24) is 0 Å². The Balaban J connectivity index is 0.00000144. The van der Waals surface area contributed by atoms with Gasteiger partial charge in [-0.2, -0.15) is 0 Å². The summed E-state index contributed by atoms with van der Waals surface area (Å²) in [6.07, 6.45) is 0. The van der Waals surface area contributed by atoms with Crippen molar-refractivity contribution in [1.29, 1.82) is 0 Å². The number of nitrogens with two attached hydrogens (primary N) is 1. The Kier molecular flexibility index (Phi) is 5.88. The molecule has 5 heteroatoms. The minimum Gasteiger partial charge on any atom is -0.322 e. The Hall–Kier alpha value is 0.170. The predicted molar refractivity (Wildman–Crippen MR) is 59.3 cm³/mol. The van der Waals surface area contributed by atoms with Crippen molar-refractivity contribution in [3.63, 3.8) is 0 Å². The van der Waals surface area contributed by atoms with E-state index in [9.17, 15) is 4.39 Å². The minimum atomic E-state index is -0.573. The van der Waals surface area contributed by atoms with Gasteiger partial charge in [0.1, 0.15) is 6.67 Å². The van der Waals surface area contributed by atoms with Crippen molar-refractivity contribution in [2.75, 3.05) is 6.67 Å². The summed E-state index contributed by atoms with van der Waals surface area (Å²) in [6, 6.07) is 4.54. The van der Waals surface area contributed by atoms with Gasteiger partial charge in [0.2, 0.25) is 0 Å². The van der Waals surface area contributed by atoms with Gasteiger partial charge in [-0.05, 0) is 17.7 Å². The molecule has 74 valence electrons.